The molecule has 27 heavy (non-hydrogen) atoms. The van der Waals surface area contributed by atoms with Crippen LogP contribution < -0.4 is 5.32 Å². The lowest BCUT2D eigenvalue weighted by atomic mass is 10.1. The smallest absolute Gasteiger partial charge is 0.352 e. The number of hydrogen-bond acceptors (Lipinski definition) is 4. The summed E-state index contributed by atoms with van der Waals surface area (Å²) < 4.78 is 52.1. The summed E-state index contributed by atoms with van der Waals surface area (Å²) in [6.07, 6.45) is -3.14. The van der Waals surface area contributed by atoms with E-state index in [9.17, 15) is 22.4 Å². The number of nitrogens with zero attached hydrogens (tertiary/aromatic N) is 3. The highest BCUT2D eigenvalue weighted by Crippen LogP contribution is 2.28. The molecule has 0 saturated heterocycles. The highest BCUT2D eigenvalue weighted by Gasteiger charge is 2.31. The molecule has 1 aromatic heterocycles. The molecule has 1 atom stereocenters. The van der Waals surface area contributed by atoms with Gasteiger partial charge in [-0.3, -0.25) is 4.79 Å². The number of hydrogen-bond donors (Lipinski definition) is 1. The molecule has 0 bridgehead atoms. The number of rotatable bonds is 6. The van der Waals surface area contributed by atoms with Gasteiger partial charge >= 0.3 is 6.18 Å². The monoisotopic (exact) mass is 496 g/mol. The van der Waals surface area contributed by atoms with Gasteiger partial charge in [0.1, 0.15) is 5.82 Å². The number of aromatic nitrogens is 2. The summed E-state index contributed by atoms with van der Waals surface area (Å²) in [5.41, 5.74) is -0.946. The molecule has 1 aromatic carbocycles. The normalized spacial score (nSPS) is 12.6. The number of nitrogens with one attached hydrogen (secondary N) is 1. The van der Waals surface area contributed by atoms with Gasteiger partial charge in [-0.05, 0) is 48.6 Å². The Hall–Kier alpha value is -1.98. The Balaban J connectivity index is 2.07. The molecule has 0 aliphatic carbocycles. The first-order valence-electron chi connectivity index (χ1n) is 8.03. The Bertz CT molecular complexity index is 778. The van der Waals surface area contributed by atoms with Crippen LogP contribution in [0.15, 0.2) is 30.6 Å². The van der Waals surface area contributed by atoms with Crippen molar-refractivity contribution in [2.45, 2.75) is 26.1 Å². The van der Waals surface area contributed by atoms with Crippen LogP contribution in [0.2, 0.25) is 0 Å². The predicted octanol–water partition coefficient (Wildman–Crippen LogP) is 4.20. The molecule has 2 rings (SSSR count). The van der Waals surface area contributed by atoms with Gasteiger partial charge in [-0.15, -0.1) is 0 Å². The van der Waals surface area contributed by atoms with E-state index >= 15 is 0 Å². The molecule has 1 amide bonds. The summed E-state index contributed by atoms with van der Waals surface area (Å²) in [5.74, 6) is -1.04. The highest BCUT2D eigenvalue weighted by atomic mass is 127. The number of carbonyl (C=O) groups excluding carboxylic acids is 1. The lowest BCUT2D eigenvalue weighted by Crippen LogP contribution is -2.43. The maximum Gasteiger partial charge on any atom is 0.419 e. The molecule has 0 unspecified atom stereocenters. The highest BCUT2D eigenvalue weighted by molar-refractivity contribution is 14.1. The standard InChI is InChI=1S/C17H17F4IN4O/c1-3-26(15(27)14-12(18)5-4-6-13(14)22)10(2)7-23-16-24-8-11(9-25-16)17(19,20)21/h4-6,8-10H,3,7H2,1-2H3,(H,23,24,25)/t10-/m0/s1. The van der Waals surface area contributed by atoms with Gasteiger partial charge in [0.05, 0.1) is 11.1 Å². The molecule has 0 spiro atoms. The van der Waals surface area contributed by atoms with Crippen molar-refractivity contribution in [2.24, 2.45) is 0 Å². The molecule has 0 saturated carbocycles. The minimum atomic E-state index is -4.51. The number of likely N-dealkylation sites (N-methyl/N-ethyl adjacent to an activating group) is 1. The molecule has 0 radical (unpaired) electrons. The number of alkyl halides is 3. The average molecular weight is 496 g/mol. The SMILES string of the molecule is CCN(C(=O)c1c(F)cccc1I)[C@@H](C)CNc1ncc(C(F)(F)F)cn1. The second-order valence-corrected chi connectivity index (χ2v) is 6.87. The summed E-state index contributed by atoms with van der Waals surface area (Å²) in [7, 11) is 0. The van der Waals surface area contributed by atoms with Crippen LogP contribution in [-0.4, -0.2) is 39.9 Å². The lowest BCUT2D eigenvalue weighted by molar-refractivity contribution is -0.138. The minimum Gasteiger partial charge on any atom is -0.352 e. The Morgan fingerprint density at radius 3 is 2.44 bits per heavy atom. The van der Waals surface area contributed by atoms with E-state index in [1.165, 1.54) is 17.0 Å². The van der Waals surface area contributed by atoms with E-state index < -0.39 is 23.5 Å². The first kappa shape index (κ1) is 21.3. The number of anilines is 1. The van der Waals surface area contributed by atoms with Gasteiger partial charge in [0, 0.05) is 35.1 Å². The Morgan fingerprint density at radius 2 is 1.93 bits per heavy atom. The summed E-state index contributed by atoms with van der Waals surface area (Å²) >= 11 is 1.90. The molecule has 10 heteroatoms. The van der Waals surface area contributed by atoms with Gasteiger partial charge in [0.2, 0.25) is 5.95 Å². The van der Waals surface area contributed by atoms with E-state index in [1.54, 1.807) is 19.9 Å². The van der Waals surface area contributed by atoms with E-state index in [0.717, 1.165) is 0 Å². The number of carbonyl (C=O) groups is 1. The van der Waals surface area contributed by atoms with Crippen molar-refractivity contribution in [3.8, 4) is 0 Å². The third-order valence-electron chi connectivity index (χ3n) is 3.84. The van der Waals surface area contributed by atoms with Crippen molar-refractivity contribution in [1.29, 1.82) is 0 Å². The summed E-state index contributed by atoms with van der Waals surface area (Å²) in [5, 5.41) is 2.79. The van der Waals surface area contributed by atoms with Gasteiger partial charge < -0.3 is 10.2 Å². The van der Waals surface area contributed by atoms with Crippen LogP contribution in [0, 0.1) is 9.39 Å². The molecule has 1 N–H and O–H groups in total. The van der Waals surface area contributed by atoms with Gasteiger partial charge in [-0.1, -0.05) is 6.07 Å². The number of benzene rings is 1. The van der Waals surface area contributed by atoms with Crippen LogP contribution in [0.25, 0.3) is 0 Å². The van der Waals surface area contributed by atoms with Crippen LogP contribution in [0.5, 0.6) is 0 Å². The third-order valence-corrected chi connectivity index (χ3v) is 4.74. The Morgan fingerprint density at radius 1 is 1.30 bits per heavy atom. The molecule has 0 aliphatic rings. The van der Waals surface area contributed by atoms with E-state index in [0.29, 0.717) is 22.5 Å². The number of halogens is 5. The maximum absolute atomic E-state index is 14.1. The molecule has 1 heterocycles. The zero-order chi connectivity index (χ0) is 20.2. The topological polar surface area (TPSA) is 58.1 Å². The van der Waals surface area contributed by atoms with E-state index in [4.69, 9.17) is 0 Å². The quantitative estimate of drug-likeness (QED) is 0.482. The van der Waals surface area contributed by atoms with Crippen molar-refractivity contribution in [1.82, 2.24) is 14.9 Å². The molecule has 146 valence electrons. The van der Waals surface area contributed by atoms with Gasteiger partial charge in [-0.25, -0.2) is 14.4 Å². The summed E-state index contributed by atoms with van der Waals surface area (Å²) in [6.45, 7) is 4.03. The molecule has 2 aromatic rings. The molecule has 0 fully saturated rings. The largest absolute Gasteiger partial charge is 0.419 e. The van der Waals surface area contributed by atoms with Crippen LogP contribution >= 0.6 is 22.6 Å². The fraction of sp³-hybridized carbons (Fsp3) is 0.353. The molecular weight excluding hydrogens is 479 g/mol. The minimum absolute atomic E-state index is 0.00224. The number of amides is 1. The molecule has 5 nitrogen and oxygen atoms in total. The Labute approximate surface area is 167 Å². The first-order valence-corrected chi connectivity index (χ1v) is 9.11. The average Bonchev–Trinajstić information content (AvgIpc) is 2.60. The van der Waals surface area contributed by atoms with Crippen molar-refractivity contribution in [2.75, 3.05) is 18.4 Å². The fourth-order valence-electron chi connectivity index (χ4n) is 2.42. The predicted molar refractivity (Wildman–Crippen MR) is 101 cm³/mol. The van der Waals surface area contributed by atoms with E-state index in [1.807, 2.05) is 22.6 Å². The van der Waals surface area contributed by atoms with Gasteiger partial charge in [0.15, 0.2) is 0 Å². The van der Waals surface area contributed by atoms with Gasteiger partial charge in [-0.2, -0.15) is 13.2 Å². The van der Waals surface area contributed by atoms with Crippen molar-refractivity contribution in [3.63, 3.8) is 0 Å². The van der Waals surface area contributed by atoms with Crippen LogP contribution in [0.4, 0.5) is 23.5 Å². The third kappa shape index (κ3) is 5.27. The van der Waals surface area contributed by atoms with Crippen molar-refractivity contribution in [3.05, 3.63) is 51.1 Å². The zero-order valence-corrected chi connectivity index (χ0v) is 16.7. The second-order valence-electron chi connectivity index (χ2n) is 5.71. The van der Waals surface area contributed by atoms with Crippen molar-refractivity contribution < 1.29 is 22.4 Å². The van der Waals surface area contributed by atoms with Crippen LogP contribution in [0.1, 0.15) is 29.8 Å². The van der Waals surface area contributed by atoms with E-state index in [-0.39, 0.29) is 24.1 Å². The van der Waals surface area contributed by atoms with E-state index in [2.05, 4.69) is 15.3 Å². The van der Waals surface area contributed by atoms with Crippen LogP contribution in [0.3, 0.4) is 0 Å². The fourth-order valence-corrected chi connectivity index (χ4v) is 3.11. The second kappa shape index (κ2) is 8.81. The zero-order valence-electron chi connectivity index (χ0n) is 14.5. The lowest BCUT2D eigenvalue weighted by Gasteiger charge is -2.28. The van der Waals surface area contributed by atoms with Crippen molar-refractivity contribution >= 4 is 34.4 Å². The van der Waals surface area contributed by atoms with Gasteiger partial charge in [0.25, 0.3) is 5.91 Å². The molecule has 0 aliphatic heterocycles. The molecular formula is C17H17F4IN4O. The maximum atomic E-state index is 14.1. The van der Waals surface area contributed by atoms with Crippen LogP contribution in [-0.2, 0) is 6.18 Å². The summed E-state index contributed by atoms with van der Waals surface area (Å²) in [4.78, 5) is 21.4. The summed E-state index contributed by atoms with van der Waals surface area (Å²) in [6, 6.07) is 4.02. The first-order chi connectivity index (χ1) is 12.6. The Kier molecular flexibility index (Phi) is 6.95.